The van der Waals surface area contributed by atoms with Gasteiger partial charge in [0.2, 0.25) is 0 Å². The summed E-state index contributed by atoms with van der Waals surface area (Å²) in [5.41, 5.74) is 5.95. The van der Waals surface area contributed by atoms with Crippen LogP contribution < -0.4 is 4.90 Å². The molecule has 0 aliphatic carbocycles. The number of methoxy groups -OCH3 is 2. The molecule has 3 aromatic rings. The number of nitrogens with zero attached hydrogens (tertiary/aromatic N) is 5. The Morgan fingerprint density at radius 1 is 1.23 bits per heavy atom. The van der Waals surface area contributed by atoms with Gasteiger partial charge in [0.1, 0.15) is 0 Å². The Hall–Kier alpha value is -1.87. The maximum Gasteiger partial charge on any atom is 0.163 e. The quantitative estimate of drug-likeness (QED) is 0.523. The zero-order chi connectivity index (χ0) is 21.3. The van der Waals surface area contributed by atoms with Crippen molar-refractivity contribution in [3.8, 4) is 0 Å². The zero-order valence-electron chi connectivity index (χ0n) is 17.4. The van der Waals surface area contributed by atoms with Gasteiger partial charge in [-0.2, -0.15) is 12.6 Å². The molecular weight excluding hydrogens is 422 g/mol. The Kier molecular flexibility index (Phi) is 6.48. The second-order valence-electron chi connectivity index (χ2n) is 7.52. The van der Waals surface area contributed by atoms with Gasteiger partial charge in [-0.25, -0.2) is 9.67 Å². The van der Waals surface area contributed by atoms with Crippen molar-refractivity contribution in [1.29, 1.82) is 0 Å². The van der Waals surface area contributed by atoms with Crippen LogP contribution in [0.2, 0.25) is 5.02 Å². The highest BCUT2D eigenvalue weighted by atomic mass is 35.5. The fourth-order valence-electron chi connectivity index (χ4n) is 4.08. The molecule has 0 spiro atoms. The van der Waals surface area contributed by atoms with Crippen LogP contribution in [0.15, 0.2) is 18.2 Å². The molecule has 1 atom stereocenters. The normalized spacial score (nSPS) is 14.5. The van der Waals surface area contributed by atoms with Crippen LogP contribution in [0.4, 0.5) is 11.5 Å². The third-order valence-corrected chi connectivity index (χ3v) is 6.10. The molecule has 0 amide bonds. The summed E-state index contributed by atoms with van der Waals surface area (Å²) in [6, 6.07) is 6.21. The predicted octanol–water partition coefficient (Wildman–Crippen LogP) is 4.14. The van der Waals surface area contributed by atoms with Gasteiger partial charge in [0.25, 0.3) is 0 Å². The largest absolute Gasteiger partial charge is 0.385 e. The molecule has 2 aromatic heterocycles. The molecule has 1 aromatic carbocycles. The van der Waals surface area contributed by atoms with E-state index in [9.17, 15) is 0 Å². The van der Waals surface area contributed by atoms with Gasteiger partial charge in [0, 0.05) is 38.8 Å². The van der Waals surface area contributed by atoms with Gasteiger partial charge in [-0.15, -0.1) is 5.10 Å². The average Bonchev–Trinajstić information content (AvgIpc) is 3.35. The van der Waals surface area contributed by atoms with E-state index in [1.165, 1.54) is 5.56 Å². The molecule has 1 aliphatic heterocycles. The van der Waals surface area contributed by atoms with E-state index in [1.807, 2.05) is 23.7 Å². The van der Waals surface area contributed by atoms with Crippen LogP contribution in [-0.4, -0.2) is 54.0 Å². The van der Waals surface area contributed by atoms with Crippen molar-refractivity contribution >= 4 is 46.8 Å². The van der Waals surface area contributed by atoms with E-state index in [-0.39, 0.29) is 6.04 Å². The number of ether oxygens (including phenoxy) is 2. The Balaban J connectivity index is 1.80. The van der Waals surface area contributed by atoms with E-state index in [2.05, 4.69) is 33.9 Å². The lowest BCUT2D eigenvalue weighted by molar-refractivity contribution is 0.117. The van der Waals surface area contributed by atoms with Gasteiger partial charge in [0.05, 0.1) is 28.9 Å². The van der Waals surface area contributed by atoms with E-state index in [1.54, 1.807) is 14.2 Å². The van der Waals surface area contributed by atoms with Gasteiger partial charge in [-0.3, -0.25) is 0 Å². The van der Waals surface area contributed by atoms with E-state index < -0.39 is 0 Å². The minimum absolute atomic E-state index is 0.0296. The second kappa shape index (κ2) is 9.09. The van der Waals surface area contributed by atoms with Gasteiger partial charge in [-0.05, 0) is 43.0 Å². The number of halogens is 1. The molecule has 9 heteroatoms. The Morgan fingerprint density at radius 3 is 2.80 bits per heavy atom. The molecule has 0 N–H and O–H groups in total. The number of thiol groups is 1. The molecule has 160 valence electrons. The number of hydrogen-bond acceptors (Lipinski definition) is 7. The molecule has 3 heterocycles. The van der Waals surface area contributed by atoms with E-state index in [4.69, 9.17) is 26.1 Å². The summed E-state index contributed by atoms with van der Waals surface area (Å²) in [5.74, 6) is 1.45. The summed E-state index contributed by atoms with van der Waals surface area (Å²) in [7, 11) is 3.39. The third-order valence-electron chi connectivity index (χ3n) is 5.45. The highest BCUT2D eigenvalue weighted by Gasteiger charge is 2.28. The average molecular weight is 448 g/mol. The van der Waals surface area contributed by atoms with Crippen molar-refractivity contribution in [3.05, 3.63) is 40.0 Å². The fraction of sp³-hybridized carbons (Fsp3) is 0.476. The van der Waals surface area contributed by atoms with Crippen LogP contribution in [0, 0.1) is 6.92 Å². The van der Waals surface area contributed by atoms with Crippen LogP contribution in [0.3, 0.4) is 0 Å². The molecule has 7 nitrogen and oxygen atoms in total. The molecule has 0 saturated carbocycles. The lowest BCUT2D eigenvalue weighted by Gasteiger charge is -2.21. The van der Waals surface area contributed by atoms with Gasteiger partial charge in [-0.1, -0.05) is 22.9 Å². The standard InChI is InChI=1S/C21H26ClN5O2S/c1-13-8-18-19(24-25-27(18)16(11-29-3)5-7-28-2)21(23-13)26-6-4-15-9-14(12-30)10-17(22)20(15)26/h8-10,16,30H,4-7,11-12H2,1-3H3. The Bertz CT molecular complexity index is 1060. The van der Waals surface area contributed by atoms with E-state index in [0.717, 1.165) is 58.2 Å². The van der Waals surface area contributed by atoms with Crippen molar-refractivity contribution in [2.75, 3.05) is 38.9 Å². The van der Waals surface area contributed by atoms with Crippen molar-refractivity contribution in [2.45, 2.75) is 31.6 Å². The maximum atomic E-state index is 6.67. The number of anilines is 2. The van der Waals surface area contributed by atoms with E-state index >= 15 is 0 Å². The van der Waals surface area contributed by atoms with Crippen molar-refractivity contribution < 1.29 is 9.47 Å². The zero-order valence-corrected chi connectivity index (χ0v) is 19.1. The van der Waals surface area contributed by atoms with Crippen molar-refractivity contribution in [1.82, 2.24) is 20.0 Å². The summed E-state index contributed by atoms with van der Waals surface area (Å²) >= 11 is 11.1. The summed E-state index contributed by atoms with van der Waals surface area (Å²) in [6.45, 7) is 3.94. The summed E-state index contributed by atoms with van der Waals surface area (Å²) < 4.78 is 12.6. The van der Waals surface area contributed by atoms with Gasteiger partial charge in [0.15, 0.2) is 11.3 Å². The lowest BCUT2D eigenvalue weighted by atomic mass is 10.1. The number of aryl methyl sites for hydroxylation is 1. The first-order chi connectivity index (χ1) is 14.6. The topological polar surface area (TPSA) is 65.3 Å². The molecule has 30 heavy (non-hydrogen) atoms. The SMILES string of the molecule is COCCC(COC)n1nnc2c(N3CCc4cc(CS)cc(Cl)c43)nc(C)cc21. The van der Waals surface area contributed by atoms with Gasteiger partial charge >= 0.3 is 0 Å². The lowest BCUT2D eigenvalue weighted by Crippen LogP contribution is -2.19. The summed E-state index contributed by atoms with van der Waals surface area (Å²) in [4.78, 5) is 6.99. The molecule has 1 unspecified atom stereocenters. The van der Waals surface area contributed by atoms with Crippen LogP contribution in [0.25, 0.3) is 11.0 Å². The fourth-order valence-corrected chi connectivity index (χ4v) is 4.63. The molecule has 0 saturated heterocycles. The highest BCUT2D eigenvalue weighted by molar-refractivity contribution is 7.79. The Morgan fingerprint density at radius 2 is 2.07 bits per heavy atom. The first-order valence-corrected chi connectivity index (χ1v) is 11.0. The second-order valence-corrected chi connectivity index (χ2v) is 8.25. The first kappa shape index (κ1) is 21.4. The molecule has 1 aliphatic rings. The number of pyridine rings is 1. The molecule has 0 radical (unpaired) electrons. The summed E-state index contributed by atoms with van der Waals surface area (Å²) in [6.07, 6.45) is 1.69. The first-order valence-electron chi connectivity index (χ1n) is 9.97. The molecule has 4 rings (SSSR count). The monoisotopic (exact) mass is 447 g/mol. The highest BCUT2D eigenvalue weighted by Crippen LogP contribution is 2.42. The number of rotatable bonds is 8. The van der Waals surface area contributed by atoms with Crippen molar-refractivity contribution in [2.24, 2.45) is 0 Å². The number of benzene rings is 1. The maximum absolute atomic E-state index is 6.67. The van der Waals surface area contributed by atoms with E-state index in [0.29, 0.717) is 19.0 Å². The minimum atomic E-state index is 0.0296. The molecular formula is C21H26ClN5O2S. The van der Waals surface area contributed by atoms with Gasteiger partial charge < -0.3 is 14.4 Å². The number of aromatic nitrogens is 4. The number of fused-ring (bicyclic) bond motifs is 2. The summed E-state index contributed by atoms with van der Waals surface area (Å²) in [5, 5.41) is 9.69. The van der Waals surface area contributed by atoms with Crippen LogP contribution >= 0.6 is 24.2 Å². The van der Waals surface area contributed by atoms with Crippen LogP contribution in [-0.2, 0) is 21.6 Å². The smallest absolute Gasteiger partial charge is 0.163 e. The predicted molar refractivity (Wildman–Crippen MR) is 122 cm³/mol. The van der Waals surface area contributed by atoms with Crippen molar-refractivity contribution in [3.63, 3.8) is 0 Å². The molecule has 0 bridgehead atoms. The minimum Gasteiger partial charge on any atom is -0.385 e. The van der Waals surface area contributed by atoms with Crippen LogP contribution in [0.5, 0.6) is 0 Å². The number of hydrogen-bond donors (Lipinski definition) is 1. The van der Waals surface area contributed by atoms with Crippen LogP contribution in [0.1, 0.15) is 29.3 Å². The third kappa shape index (κ3) is 3.89. The Labute approximate surface area is 186 Å². The molecule has 0 fully saturated rings.